The van der Waals surface area contributed by atoms with Crippen LogP contribution in [0.4, 0.5) is 5.82 Å². The number of aromatic nitrogens is 2. The highest BCUT2D eigenvalue weighted by Gasteiger charge is 2.04. The van der Waals surface area contributed by atoms with Gasteiger partial charge < -0.3 is 14.8 Å². The molecular weight excluding hydrogens is 230 g/mol. The minimum absolute atomic E-state index is 0.648. The average molecular weight is 253 g/mol. The molecule has 0 unspecified atom stereocenters. The quantitative estimate of drug-likeness (QED) is 0.684. The van der Waals surface area contributed by atoms with E-state index < -0.39 is 0 Å². The molecule has 5 nitrogen and oxygen atoms in total. The molecule has 0 radical (unpaired) electrons. The Morgan fingerprint density at radius 1 is 1.17 bits per heavy atom. The molecule has 0 saturated heterocycles. The van der Waals surface area contributed by atoms with Crippen LogP contribution in [-0.2, 0) is 11.2 Å². The van der Waals surface area contributed by atoms with Crippen molar-refractivity contribution in [3.8, 4) is 5.88 Å². The van der Waals surface area contributed by atoms with Gasteiger partial charge in [0, 0.05) is 26.1 Å². The van der Waals surface area contributed by atoms with Crippen molar-refractivity contribution >= 4 is 5.82 Å². The summed E-state index contributed by atoms with van der Waals surface area (Å²) in [7, 11) is 1.68. The predicted octanol–water partition coefficient (Wildman–Crippen LogP) is 2.28. The molecule has 0 aromatic carbocycles. The van der Waals surface area contributed by atoms with E-state index in [1.165, 1.54) is 0 Å². The SMILES string of the molecule is CCCOc1cc(NCCOC)nc(CCC)n1. The standard InChI is InChI=1S/C13H23N3O2/c1-4-6-11-15-12(14-7-9-17-3)10-13(16-11)18-8-5-2/h10H,4-9H2,1-3H3,(H,14,15,16). The van der Waals surface area contributed by atoms with E-state index in [-0.39, 0.29) is 0 Å². The van der Waals surface area contributed by atoms with Crippen LogP contribution in [-0.4, -0.2) is 36.8 Å². The highest BCUT2D eigenvalue weighted by molar-refractivity contribution is 5.38. The lowest BCUT2D eigenvalue weighted by atomic mass is 10.3. The molecule has 1 aromatic heterocycles. The van der Waals surface area contributed by atoms with Crippen LogP contribution in [0, 0.1) is 0 Å². The van der Waals surface area contributed by atoms with Crippen molar-refractivity contribution in [2.45, 2.75) is 33.1 Å². The summed E-state index contributed by atoms with van der Waals surface area (Å²) >= 11 is 0. The van der Waals surface area contributed by atoms with Gasteiger partial charge in [-0.25, -0.2) is 4.98 Å². The highest BCUT2D eigenvalue weighted by Crippen LogP contribution is 2.14. The molecule has 0 aliphatic carbocycles. The molecule has 1 N–H and O–H groups in total. The van der Waals surface area contributed by atoms with E-state index in [1.54, 1.807) is 7.11 Å². The van der Waals surface area contributed by atoms with Gasteiger partial charge in [-0.3, -0.25) is 0 Å². The van der Waals surface area contributed by atoms with Gasteiger partial charge in [0.2, 0.25) is 5.88 Å². The maximum absolute atomic E-state index is 5.57. The summed E-state index contributed by atoms with van der Waals surface area (Å²) < 4.78 is 10.6. The number of aryl methyl sites for hydroxylation is 1. The third-order valence-electron chi connectivity index (χ3n) is 2.29. The molecule has 0 atom stereocenters. The fourth-order valence-corrected chi connectivity index (χ4v) is 1.46. The largest absolute Gasteiger partial charge is 0.478 e. The van der Waals surface area contributed by atoms with Crippen molar-refractivity contribution < 1.29 is 9.47 Å². The zero-order chi connectivity index (χ0) is 13.2. The van der Waals surface area contributed by atoms with E-state index in [4.69, 9.17) is 9.47 Å². The summed E-state index contributed by atoms with van der Waals surface area (Å²) in [5.41, 5.74) is 0. The Balaban J connectivity index is 2.70. The van der Waals surface area contributed by atoms with Crippen molar-refractivity contribution in [2.75, 3.05) is 32.2 Å². The number of nitrogens with one attached hydrogen (secondary N) is 1. The van der Waals surface area contributed by atoms with Crippen LogP contribution in [0.2, 0.25) is 0 Å². The van der Waals surface area contributed by atoms with Crippen LogP contribution in [0.1, 0.15) is 32.5 Å². The van der Waals surface area contributed by atoms with E-state index >= 15 is 0 Å². The van der Waals surface area contributed by atoms with Gasteiger partial charge in [-0.15, -0.1) is 0 Å². The second-order valence-corrected chi connectivity index (χ2v) is 4.03. The zero-order valence-electron chi connectivity index (χ0n) is 11.5. The first-order valence-corrected chi connectivity index (χ1v) is 6.53. The fourth-order valence-electron chi connectivity index (χ4n) is 1.46. The Bertz CT molecular complexity index is 345. The van der Waals surface area contributed by atoms with Gasteiger partial charge in [-0.1, -0.05) is 13.8 Å². The van der Waals surface area contributed by atoms with Crippen LogP contribution in [0.15, 0.2) is 6.07 Å². The van der Waals surface area contributed by atoms with Gasteiger partial charge in [0.15, 0.2) is 0 Å². The van der Waals surface area contributed by atoms with Crippen LogP contribution in [0.3, 0.4) is 0 Å². The van der Waals surface area contributed by atoms with Crippen LogP contribution in [0.25, 0.3) is 0 Å². The molecule has 0 aliphatic rings. The summed E-state index contributed by atoms with van der Waals surface area (Å²) in [5, 5.41) is 3.21. The van der Waals surface area contributed by atoms with Crippen molar-refractivity contribution in [2.24, 2.45) is 0 Å². The summed E-state index contributed by atoms with van der Waals surface area (Å²) in [4.78, 5) is 8.83. The van der Waals surface area contributed by atoms with Gasteiger partial charge in [-0.2, -0.15) is 4.98 Å². The molecule has 1 aromatic rings. The number of nitrogens with zero attached hydrogens (tertiary/aromatic N) is 2. The second kappa shape index (κ2) is 8.69. The Morgan fingerprint density at radius 3 is 2.67 bits per heavy atom. The van der Waals surface area contributed by atoms with Crippen LogP contribution in [0.5, 0.6) is 5.88 Å². The van der Waals surface area contributed by atoms with Gasteiger partial charge in [-0.05, 0) is 12.8 Å². The van der Waals surface area contributed by atoms with E-state index in [1.807, 2.05) is 6.07 Å². The minimum Gasteiger partial charge on any atom is -0.478 e. The van der Waals surface area contributed by atoms with Crippen molar-refractivity contribution in [1.29, 1.82) is 0 Å². The molecule has 1 rings (SSSR count). The van der Waals surface area contributed by atoms with Crippen molar-refractivity contribution in [1.82, 2.24) is 9.97 Å². The summed E-state index contributed by atoms with van der Waals surface area (Å²) in [6, 6.07) is 1.84. The Morgan fingerprint density at radius 2 is 2.00 bits per heavy atom. The predicted molar refractivity (Wildman–Crippen MR) is 72.2 cm³/mol. The van der Waals surface area contributed by atoms with Gasteiger partial charge in [0.05, 0.1) is 13.2 Å². The molecule has 18 heavy (non-hydrogen) atoms. The molecule has 0 bridgehead atoms. The number of ether oxygens (including phenoxy) is 2. The third kappa shape index (κ3) is 5.31. The first-order chi connectivity index (χ1) is 8.80. The zero-order valence-corrected chi connectivity index (χ0v) is 11.5. The molecular formula is C13H23N3O2. The van der Waals surface area contributed by atoms with E-state index in [0.29, 0.717) is 19.1 Å². The first-order valence-electron chi connectivity index (χ1n) is 6.53. The smallest absolute Gasteiger partial charge is 0.218 e. The Labute approximate surface area is 109 Å². The molecule has 0 fully saturated rings. The number of methoxy groups -OCH3 is 1. The van der Waals surface area contributed by atoms with E-state index in [9.17, 15) is 0 Å². The topological polar surface area (TPSA) is 56.3 Å². The Kier molecular flexibility index (Phi) is 7.10. The van der Waals surface area contributed by atoms with Crippen LogP contribution < -0.4 is 10.1 Å². The van der Waals surface area contributed by atoms with Gasteiger partial charge >= 0.3 is 0 Å². The second-order valence-electron chi connectivity index (χ2n) is 4.03. The molecule has 1 heterocycles. The molecule has 102 valence electrons. The lowest BCUT2D eigenvalue weighted by molar-refractivity contribution is 0.210. The average Bonchev–Trinajstić information content (AvgIpc) is 2.37. The first kappa shape index (κ1) is 14.7. The van der Waals surface area contributed by atoms with Crippen molar-refractivity contribution in [3.05, 3.63) is 11.9 Å². The number of rotatable bonds is 9. The van der Waals surface area contributed by atoms with Gasteiger partial charge in [0.25, 0.3) is 0 Å². The summed E-state index contributed by atoms with van der Waals surface area (Å²) in [5.74, 6) is 2.28. The molecule has 0 saturated carbocycles. The molecule has 5 heteroatoms. The van der Waals surface area contributed by atoms with Gasteiger partial charge in [0.1, 0.15) is 11.6 Å². The van der Waals surface area contributed by atoms with E-state index in [2.05, 4.69) is 29.1 Å². The summed E-state index contributed by atoms with van der Waals surface area (Å²) in [6.45, 7) is 6.25. The minimum atomic E-state index is 0.648. The molecule has 0 amide bonds. The Hall–Kier alpha value is -1.36. The third-order valence-corrected chi connectivity index (χ3v) is 2.29. The van der Waals surface area contributed by atoms with Crippen LogP contribution >= 0.6 is 0 Å². The molecule has 0 aliphatic heterocycles. The highest BCUT2D eigenvalue weighted by atomic mass is 16.5. The molecule has 0 spiro atoms. The maximum Gasteiger partial charge on any atom is 0.218 e. The van der Waals surface area contributed by atoms with E-state index in [0.717, 1.165) is 37.4 Å². The number of hydrogen-bond acceptors (Lipinski definition) is 5. The monoisotopic (exact) mass is 253 g/mol. The van der Waals surface area contributed by atoms with Crippen molar-refractivity contribution in [3.63, 3.8) is 0 Å². The lowest BCUT2D eigenvalue weighted by Crippen LogP contribution is -2.11. The fraction of sp³-hybridized carbons (Fsp3) is 0.692. The number of anilines is 1. The normalized spacial score (nSPS) is 10.4. The maximum atomic E-state index is 5.57. The number of hydrogen-bond donors (Lipinski definition) is 1. The lowest BCUT2D eigenvalue weighted by Gasteiger charge is -2.10. The summed E-state index contributed by atoms with van der Waals surface area (Å²) in [6.07, 6.45) is 2.86.